The summed E-state index contributed by atoms with van der Waals surface area (Å²) in [7, 11) is 0. The number of amides is 1. The molecule has 0 saturated heterocycles. The van der Waals surface area contributed by atoms with E-state index in [9.17, 15) is 4.79 Å². The van der Waals surface area contributed by atoms with Crippen molar-refractivity contribution in [1.82, 2.24) is 14.5 Å². The second-order valence-electron chi connectivity index (χ2n) is 6.62. The van der Waals surface area contributed by atoms with Crippen LogP contribution in [-0.4, -0.2) is 26.9 Å². The first kappa shape index (κ1) is 18.0. The highest BCUT2D eigenvalue weighted by atomic mass is 16.2. The standard InChI is InChI=1S/C20H27N3O/c1-5-11-23(20(24)13-16(2)3)15-19-21-10-12-22(19)14-18-8-6-17(4)7-9-18/h5-10,12,16H,1,11,13-15H2,2-4H3. The molecule has 4 heteroatoms. The number of aromatic nitrogens is 2. The molecule has 128 valence electrons. The van der Waals surface area contributed by atoms with Gasteiger partial charge in [-0.25, -0.2) is 4.98 Å². The Hall–Kier alpha value is -2.36. The van der Waals surface area contributed by atoms with E-state index in [1.807, 2.05) is 11.1 Å². The smallest absolute Gasteiger partial charge is 0.223 e. The minimum atomic E-state index is 0.148. The molecule has 0 aliphatic carbocycles. The first-order valence-corrected chi connectivity index (χ1v) is 8.43. The Bertz CT molecular complexity index is 670. The predicted octanol–water partition coefficient (Wildman–Crippen LogP) is 3.80. The van der Waals surface area contributed by atoms with Crippen LogP contribution in [0.4, 0.5) is 0 Å². The first-order chi connectivity index (χ1) is 11.5. The van der Waals surface area contributed by atoms with Gasteiger partial charge in [0.25, 0.3) is 0 Å². The predicted molar refractivity (Wildman–Crippen MR) is 97.6 cm³/mol. The van der Waals surface area contributed by atoms with E-state index in [1.54, 1.807) is 12.3 Å². The molecule has 0 spiro atoms. The van der Waals surface area contributed by atoms with Gasteiger partial charge in [-0.1, -0.05) is 49.8 Å². The highest BCUT2D eigenvalue weighted by molar-refractivity contribution is 5.76. The summed E-state index contributed by atoms with van der Waals surface area (Å²) in [5, 5.41) is 0. The van der Waals surface area contributed by atoms with Crippen LogP contribution in [0.1, 0.15) is 37.2 Å². The lowest BCUT2D eigenvalue weighted by atomic mass is 10.1. The number of aryl methyl sites for hydroxylation is 1. The van der Waals surface area contributed by atoms with Crippen molar-refractivity contribution in [2.75, 3.05) is 6.54 Å². The monoisotopic (exact) mass is 325 g/mol. The lowest BCUT2D eigenvalue weighted by Gasteiger charge is -2.22. The van der Waals surface area contributed by atoms with Crippen molar-refractivity contribution in [3.05, 3.63) is 66.3 Å². The average molecular weight is 325 g/mol. The van der Waals surface area contributed by atoms with Crippen LogP contribution in [0.25, 0.3) is 0 Å². The van der Waals surface area contributed by atoms with Crippen molar-refractivity contribution in [1.29, 1.82) is 0 Å². The molecule has 4 nitrogen and oxygen atoms in total. The zero-order valence-electron chi connectivity index (χ0n) is 14.9. The van der Waals surface area contributed by atoms with Crippen LogP contribution in [0.15, 0.2) is 49.3 Å². The van der Waals surface area contributed by atoms with Crippen molar-refractivity contribution < 1.29 is 4.79 Å². The Kier molecular flexibility index (Phi) is 6.36. The topological polar surface area (TPSA) is 38.1 Å². The lowest BCUT2D eigenvalue weighted by Crippen LogP contribution is -2.32. The van der Waals surface area contributed by atoms with Gasteiger partial charge >= 0.3 is 0 Å². The Balaban J connectivity index is 2.10. The van der Waals surface area contributed by atoms with Gasteiger partial charge in [0.1, 0.15) is 5.82 Å². The third-order valence-electron chi connectivity index (χ3n) is 3.89. The van der Waals surface area contributed by atoms with Crippen molar-refractivity contribution in [2.45, 2.75) is 40.3 Å². The molecule has 0 aliphatic rings. The van der Waals surface area contributed by atoms with E-state index < -0.39 is 0 Å². The first-order valence-electron chi connectivity index (χ1n) is 8.43. The Morgan fingerprint density at radius 2 is 2.04 bits per heavy atom. The van der Waals surface area contributed by atoms with Gasteiger partial charge in [0.05, 0.1) is 6.54 Å². The molecule has 2 aromatic rings. The van der Waals surface area contributed by atoms with E-state index in [0.717, 1.165) is 12.4 Å². The number of benzene rings is 1. The Labute approximate surface area is 144 Å². The molecule has 1 heterocycles. The molecule has 0 N–H and O–H groups in total. The van der Waals surface area contributed by atoms with Crippen LogP contribution < -0.4 is 0 Å². The molecule has 0 aliphatic heterocycles. The number of rotatable bonds is 8. The SMILES string of the molecule is C=CCN(Cc1nccn1Cc1ccc(C)cc1)C(=O)CC(C)C. The molecule has 1 aromatic heterocycles. The summed E-state index contributed by atoms with van der Waals surface area (Å²) in [6, 6.07) is 8.49. The minimum absolute atomic E-state index is 0.148. The molecule has 0 saturated carbocycles. The summed E-state index contributed by atoms with van der Waals surface area (Å²) in [6.07, 6.45) is 6.08. The summed E-state index contributed by atoms with van der Waals surface area (Å²) in [5.74, 6) is 1.39. The summed E-state index contributed by atoms with van der Waals surface area (Å²) in [5.41, 5.74) is 2.48. The molecule has 24 heavy (non-hydrogen) atoms. The summed E-state index contributed by atoms with van der Waals surface area (Å²) in [6.45, 7) is 11.8. The second kappa shape index (κ2) is 8.48. The molecular weight excluding hydrogens is 298 g/mol. The van der Waals surface area contributed by atoms with Gasteiger partial charge in [0.15, 0.2) is 0 Å². The number of hydrogen-bond donors (Lipinski definition) is 0. The molecule has 0 bridgehead atoms. The number of carbonyl (C=O) groups excluding carboxylic acids is 1. The van der Waals surface area contributed by atoms with Gasteiger partial charge in [0, 0.05) is 31.9 Å². The quantitative estimate of drug-likeness (QED) is 0.692. The number of imidazole rings is 1. The zero-order valence-corrected chi connectivity index (χ0v) is 14.9. The fourth-order valence-corrected chi connectivity index (χ4v) is 2.59. The number of hydrogen-bond acceptors (Lipinski definition) is 2. The molecule has 0 fully saturated rings. The van der Waals surface area contributed by atoms with Crippen molar-refractivity contribution in [3.8, 4) is 0 Å². The van der Waals surface area contributed by atoms with Gasteiger partial charge in [0.2, 0.25) is 5.91 Å². The van der Waals surface area contributed by atoms with Gasteiger partial charge < -0.3 is 9.47 Å². The van der Waals surface area contributed by atoms with Crippen molar-refractivity contribution in [3.63, 3.8) is 0 Å². The maximum absolute atomic E-state index is 12.4. The molecule has 0 radical (unpaired) electrons. The number of carbonyl (C=O) groups is 1. The van der Waals surface area contributed by atoms with Crippen LogP contribution >= 0.6 is 0 Å². The zero-order chi connectivity index (χ0) is 17.5. The molecule has 2 rings (SSSR count). The van der Waals surface area contributed by atoms with Crippen molar-refractivity contribution in [2.24, 2.45) is 5.92 Å². The van der Waals surface area contributed by atoms with E-state index in [1.165, 1.54) is 11.1 Å². The Morgan fingerprint density at radius 1 is 1.33 bits per heavy atom. The second-order valence-corrected chi connectivity index (χ2v) is 6.62. The molecule has 1 aromatic carbocycles. The van der Waals surface area contributed by atoms with Crippen LogP contribution in [0.5, 0.6) is 0 Å². The van der Waals surface area contributed by atoms with Crippen LogP contribution in [0, 0.1) is 12.8 Å². The average Bonchev–Trinajstić information content (AvgIpc) is 2.95. The Morgan fingerprint density at radius 3 is 2.67 bits per heavy atom. The van der Waals surface area contributed by atoms with Gasteiger partial charge in [-0.2, -0.15) is 0 Å². The van der Waals surface area contributed by atoms with E-state index in [-0.39, 0.29) is 5.91 Å². The van der Waals surface area contributed by atoms with Crippen LogP contribution in [0.2, 0.25) is 0 Å². The number of nitrogens with zero attached hydrogens (tertiary/aromatic N) is 3. The van der Waals surface area contributed by atoms with Crippen molar-refractivity contribution >= 4 is 5.91 Å². The summed E-state index contributed by atoms with van der Waals surface area (Å²) >= 11 is 0. The maximum atomic E-state index is 12.4. The molecule has 1 amide bonds. The normalized spacial score (nSPS) is 10.8. The van der Waals surface area contributed by atoms with Crippen LogP contribution in [-0.2, 0) is 17.9 Å². The molecule has 0 atom stereocenters. The summed E-state index contributed by atoms with van der Waals surface area (Å²) < 4.78 is 2.10. The van der Waals surface area contributed by atoms with E-state index in [4.69, 9.17) is 0 Å². The fourth-order valence-electron chi connectivity index (χ4n) is 2.59. The highest BCUT2D eigenvalue weighted by Gasteiger charge is 2.16. The fraction of sp³-hybridized carbons (Fsp3) is 0.400. The van der Waals surface area contributed by atoms with Crippen LogP contribution in [0.3, 0.4) is 0 Å². The van der Waals surface area contributed by atoms with Gasteiger partial charge in [-0.05, 0) is 18.4 Å². The molecular formula is C20H27N3O. The molecule has 0 unspecified atom stereocenters. The third kappa shape index (κ3) is 5.08. The minimum Gasteiger partial charge on any atom is -0.332 e. The van der Waals surface area contributed by atoms with E-state index >= 15 is 0 Å². The lowest BCUT2D eigenvalue weighted by molar-refractivity contribution is -0.132. The van der Waals surface area contributed by atoms with Gasteiger partial charge in [-0.15, -0.1) is 6.58 Å². The van der Waals surface area contributed by atoms with E-state index in [2.05, 4.69) is 61.2 Å². The third-order valence-corrected chi connectivity index (χ3v) is 3.89. The summed E-state index contributed by atoms with van der Waals surface area (Å²) in [4.78, 5) is 18.7. The van der Waals surface area contributed by atoms with E-state index in [0.29, 0.717) is 25.4 Å². The van der Waals surface area contributed by atoms with Gasteiger partial charge in [-0.3, -0.25) is 4.79 Å². The largest absolute Gasteiger partial charge is 0.332 e. The maximum Gasteiger partial charge on any atom is 0.223 e. The highest BCUT2D eigenvalue weighted by Crippen LogP contribution is 2.12.